The molecule has 1 aliphatic heterocycles. The van der Waals surface area contributed by atoms with Crippen molar-refractivity contribution in [2.24, 2.45) is 0 Å². The molecule has 3 N–H and O–H groups in total. The normalized spacial score (nSPS) is 13.2. The molecule has 1 aromatic heterocycles. The topological polar surface area (TPSA) is 150 Å². The van der Waals surface area contributed by atoms with Crippen molar-refractivity contribution in [3.8, 4) is 29.0 Å². The molecular formula is C30H31N7O5. The Morgan fingerprint density at radius 3 is 2.33 bits per heavy atom. The van der Waals surface area contributed by atoms with Gasteiger partial charge in [0.1, 0.15) is 12.7 Å². The molecule has 1 saturated heterocycles. The maximum atomic E-state index is 12.5. The standard InChI is InChI=1S/C30H31N7O5/c1-39-25-16-22(33-29-34-28(32)37(35-29)23-10-8-20(18-31)9-11-23)17-26(40-2)27(25)42-24-12-14-36(15-13-24)30(38)41-19-21-6-4-3-5-7-21/h3-11,16-17,24H,12-15,19H2,1-2H3,(H3,32,33,34,35). The molecule has 1 aliphatic rings. The molecule has 0 saturated carbocycles. The number of carbonyl (C=O) groups is 1. The Morgan fingerprint density at radius 2 is 1.71 bits per heavy atom. The summed E-state index contributed by atoms with van der Waals surface area (Å²) in [4.78, 5) is 18.5. The maximum Gasteiger partial charge on any atom is 0.410 e. The van der Waals surface area contributed by atoms with E-state index in [0.29, 0.717) is 60.1 Å². The number of nitrogens with one attached hydrogen (secondary N) is 1. The Kier molecular flexibility index (Phi) is 8.58. The maximum absolute atomic E-state index is 12.5. The van der Waals surface area contributed by atoms with E-state index in [1.807, 2.05) is 30.3 Å². The molecular weight excluding hydrogens is 538 g/mol. The largest absolute Gasteiger partial charge is 0.493 e. The van der Waals surface area contributed by atoms with Crippen molar-refractivity contribution in [2.45, 2.75) is 25.6 Å². The molecule has 1 amide bonds. The molecule has 5 rings (SSSR count). The number of carbonyl (C=O) groups excluding carboxylic acids is 1. The van der Waals surface area contributed by atoms with E-state index in [1.54, 1.807) is 55.5 Å². The smallest absolute Gasteiger partial charge is 0.410 e. The minimum atomic E-state index is -0.334. The lowest BCUT2D eigenvalue weighted by Gasteiger charge is -2.32. The van der Waals surface area contributed by atoms with Gasteiger partial charge in [0.05, 0.1) is 31.5 Å². The van der Waals surface area contributed by atoms with E-state index in [4.69, 9.17) is 29.9 Å². The quantitative estimate of drug-likeness (QED) is 0.291. The first-order chi connectivity index (χ1) is 20.5. The third-order valence-electron chi connectivity index (χ3n) is 6.78. The number of amides is 1. The molecule has 0 spiro atoms. The molecule has 0 unspecified atom stereocenters. The fraction of sp³-hybridized carbons (Fsp3) is 0.267. The van der Waals surface area contributed by atoms with Crippen molar-refractivity contribution < 1.29 is 23.7 Å². The lowest BCUT2D eigenvalue weighted by molar-refractivity contribution is 0.0621. The van der Waals surface area contributed by atoms with Gasteiger partial charge in [0.25, 0.3) is 0 Å². The first-order valence-corrected chi connectivity index (χ1v) is 13.4. The average molecular weight is 570 g/mol. The van der Waals surface area contributed by atoms with Crippen molar-refractivity contribution in [2.75, 3.05) is 38.4 Å². The van der Waals surface area contributed by atoms with Crippen LogP contribution < -0.4 is 25.3 Å². The van der Waals surface area contributed by atoms with E-state index in [2.05, 4.69) is 21.5 Å². The van der Waals surface area contributed by atoms with Crippen LogP contribution >= 0.6 is 0 Å². The number of rotatable bonds is 9. The second-order valence-electron chi connectivity index (χ2n) is 9.54. The lowest BCUT2D eigenvalue weighted by Crippen LogP contribution is -2.42. The van der Waals surface area contributed by atoms with Crippen LogP contribution in [-0.4, -0.2) is 59.2 Å². The minimum Gasteiger partial charge on any atom is -0.493 e. The zero-order valence-corrected chi connectivity index (χ0v) is 23.3. The SMILES string of the molecule is COc1cc(Nc2nc(N)n(-c3ccc(C#N)cc3)n2)cc(OC)c1OC1CCN(C(=O)OCc2ccccc2)CC1. The number of hydrogen-bond acceptors (Lipinski definition) is 10. The first-order valence-electron chi connectivity index (χ1n) is 13.4. The molecule has 0 atom stereocenters. The van der Waals surface area contributed by atoms with Gasteiger partial charge in [0, 0.05) is 43.8 Å². The predicted molar refractivity (Wildman–Crippen MR) is 155 cm³/mol. The van der Waals surface area contributed by atoms with Crippen LogP contribution in [0.5, 0.6) is 17.2 Å². The second kappa shape index (κ2) is 12.8. The second-order valence-corrected chi connectivity index (χ2v) is 9.54. The van der Waals surface area contributed by atoms with Crippen molar-refractivity contribution in [1.82, 2.24) is 19.7 Å². The minimum absolute atomic E-state index is 0.144. The Balaban J connectivity index is 1.22. The first kappa shape index (κ1) is 28.1. The van der Waals surface area contributed by atoms with Crippen LogP contribution in [0.1, 0.15) is 24.0 Å². The van der Waals surface area contributed by atoms with E-state index in [0.717, 1.165) is 5.56 Å². The zero-order chi connectivity index (χ0) is 29.5. The fourth-order valence-corrected chi connectivity index (χ4v) is 4.58. The van der Waals surface area contributed by atoms with Gasteiger partial charge in [-0.25, -0.2) is 4.79 Å². The Morgan fingerprint density at radius 1 is 1.05 bits per heavy atom. The summed E-state index contributed by atoms with van der Waals surface area (Å²) in [5.74, 6) is 1.82. The summed E-state index contributed by atoms with van der Waals surface area (Å²) >= 11 is 0. The van der Waals surface area contributed by atoms with E-state index in [-0.39, 0.29) is 30.7 Å². The summed E-state index contributed by atoms with van der Waals surface area (Å²) in [6.45, 7) is 1.26. The summed E-state index contributed by atoms with van der Waals surface area (Å²) in [6.07, 6.45) is 0.777. The Hall–Kier alpha value is -5.44. The van der Waals surface area contributed by atoms with Gasteiger partial charge in [-0.3, -0.25) is 0 Å². The molecule has 0 radical (unpaired) electrons. The van der Waals surface area contributed by atoms with Gasteiger partial charge in [0.15, 0.2) is 11.5 Å². The molecule has 0 bridgehead atoms. The molecule has 12 heteroatoms. The zero-order valence-electron chi connectivity index (χ0n) is 23.3. The number of aromatic nitrogens is 3. The fourth-order valence-electron chi connectivity index (χ4n) is 4.58. The number of piperidine rings is 1. The summed E-state index contributed by atoms with van der Waals surface area (Å²) in [5.41, 5.74) is 8.84. The molecule has 2 heterocycles. The van der Waals surface area contributed by atoms with E-state index >= 15 is 0 Å². The van der Waals surface area contributed by atoms with Gasteiger partial charge in [-0.15, -0.1) is 5.10 Å². The lowest BCUT2D eigenvalue weighted by atomic mass is 10.1. The highest BCUT2D eigenvalue weighted by Gasteiger charge is 2.27. The van der Waals surface area contributed by atoms with Crippen LogP contribution in [0.25, 0.3) is 5.69 Å². The third kappa shape index (κ3) is 6.47. The van der Waals surface area contributed by atoms with Gasteiger partial charge >= 0.3 is 6.09 Å². The molecule has 4 aromatic rings. The summed E-state index contributed by atoms with van der Waals surface area (Å²) in [5, 5.41) is 16.6. The summed E-state index contributed by atoms with van der Waals surface area (Å²) in [6, 6.07) is 22.0. The molecule has 12 nitrogen and oxygen atoms in total. The van der Waals surface area contributed by atoms with Gasteiger partial charge in [-0.05, 0) is 29.8 Å². The van der Waals surface area contributed by atoms with Crippen LogP contribution in [0.2, 0.25) is 0 Å². The van der Waals surface area contributed by atoms with Crippen LogP contribution in [0.15, 0.2) is 66.7 Å². The Bertz CT molecular complexity index is 1530. The number of anilines is 3. The summed E-state index contributed by atoms with van der Waals surface area (Å²) < 4.78 is 24.5. The van der Waals surface area contributed by atoms with Crippen molar-refractivity contribution in [3.63, 3.8) is 0 Å². The highest BCUT2D eigenvalue weighted by molar-refractivity contribution is 5.68. The van der Waals surface area contributed by atoms with Crippen LogP contribution in [0, 0.1) is 11.3 Å². The van der Waals surface area contributed by atoms with Gasteiger partial charge in [-0.2, -0.15) is 14.9 Å². The highest BCUT2D eigenvalue weighted by atomic mass is 16.6. The van der Waals surface area contributed by atoms with Crippen molar-refractivity contribution >= 4 is 23.7 Å². The number of likely N-dealkylation sites (tertiary alicyclic amines) is 1. The molecule has 1 fully saturated rings. The Labute approximate surface area is 243 Å². The van der Waals surface area contributed by atoms with E-state index in [1.165, 1.54) is 4.68 Å². The van der Waals surface area contributed by atoms with Crippen LogP contribution in [0.4, 0.5) is 22.4 Å². The van der Waals surface area contributed by atoms with E-state index < -0.39 is 0 Å². The monoisotopic (exact) mass is 569 g/mol. The third-order valence-corrected chi connectivity index (χ3v) is 6.78. The number of methoxy groups -OCH3 is 2. The molecule has 0 aliphatic carbocycles. The number of nitriles is 1. The number of nitrogens with two attached hydrogens (primary N) is 1. The number of benzene rings is 3. The number of ether oxygens (including phenoxy) is 4. The molecule has 216 valence electrons. The average Bonchev–Trinajstić information content (AvgIpc) is 3.40. The van der Waals surface area contributed by atoms with E-state index in [9.17, 15) is 4.79 Å². The van der Waals surface area contributed by atoms with Gasteiger partial charge in [-0.1, -0.05) is 30.3 Å². The molecule has 42 heavy (non-hydrogen) atoms. The van der Waals surface area contributed by atoms with Crippen LogP contribution in [-0.2, 0) is 11.3 Å². The van der Waals surface area contributed by atoms with Gasteiger partial charge < -0.3 is 34.9 Å². The number of hydrogen-bond donors (Lipinski definition) is 2. The van der Waals surface area contributed by atoms with Gasteiger partial charge in [0.2, 0.25) is 17.6 Å². The summed E-state index contributed by atoms with van der Waals surface area (Å²) in [7, 11) is 3.10. The number of nitrogen functional groups attached to an aromatic ring is 1. The predicted octanol–water partition coefficient (Wildman–Crippen LogP) is 4.66. The highest BCUT2D eigenvalue weighted by Crippen LogP contribution is 2.42. The van der Waals surface area contributed by atoms with Crippen molar-refractivity contribution in [1.29, 1.82) is 5.26 Å². The molecule has 3 aromatic carbocycles. The van der Waals surface area contributed by atoms with Crippen molar-refractivity contribution in [3.05, 3.63) is 77.9 Å². The number of nitrogens with zero attached hydrogens (tertiary/aromatic N) is 5. The van der Waals surface area contributed by atoms with Crippen LogP contribution in [0.3, 0.4) is 0 Å².